The van der Waals surface area contributed by atoms with Crippen molar-refractivity contribution in [3.63, 3.8) is 0 Å². The van der Waals surface area contributed by atoms with Crippen molar-refractivity contribution in [3.8, 4) is 0 Å². The summed E-state index contributed by atoms with van der Waals surface area (Å²) in [6.45, 7) is 3.57. The van der Waals surface area contributed by atoms with Crippen molar-refractivity contribution >= 4 is 51.5 Å². The molecule has 2 bridgehead atoms. The number of halogens is 2. The van der Waals surface area contributed by atoms with E-state index < -0.39 is 32.1 Å². The number of benzene rings is 1. The van der Waals surface area contributed by atoms with Crippen LogP contribution in [0.1, 0.15) is 13.8 Å². The summed E-state index contributed by atoms with van der Waals surface area (Å²) in [5, 5.41) is 0.708. The van der Waals surface area contributed by atoms with Gasteiger partial charge in [0.1, 0.15) is 0 Å². The van der Waals surface area contributed by atoms with Crippen LogP contribution in [0.2, 0.25) is 10.0 Å². The second-order valence-corrected chi connectivity index (χ2v) is 9.73. The zero-order chi connectivity index (χ0) is 16.7. The van der Waals surface area contributed by atoms with Gasteiger partial charge in [-0.15, -0.1) is 0 Å². The third-order valence-corrected chi connectivity index (χ3v) is 8.01. The average Bonchev–Trinajstić information content (AvgIpc) is 2.92. The van der Waals surface area contributed by atoms with Gasteiger partial charge >= 0.3 is 0 Å². The molecule has 7 heteroatoms. The molecule has 3 aliphatic rings. The molecule has 2 fully saturated rings. The minimum atomic E-state index is -1.29. The maximum absolute atomic E-state index is 13.0. The summed E-state index contributed by atoms with van der Waals surface area (Å²) in [4.78, 5) is 27.1. The van der Waals surface area contributed by atoms with E-state index in [4.69, 9.17) is 23.2 Å². The minimum Gasteiger partial charge on any atom is -0.274 e. The van der Waals surface area contributed by atoms with Gasteiger partial charge in [0.25, 0.3) is 0 Å². The highest BCUT2D eigenvalue weighted by Crippen LogP contribution is 2.59. The van der Waals surface area contributed by atoms with Gasteiger partial charge in [-0.1, -0.05) is 35.4 Å². The molecule has 1 unspecified atom stereocenters. The summed E-state index contributed by atoms with van der Waals surface area (Å²) in [5.41, 5.74) is 0.365. The van der Waals surface area contributed by atoms with Crippen LogP contribution >= 0.6 is 23.2 Å². The number of hydrogen-bond acceptors (Lipinski definition) is 3. The quantitative estimate of drug-likeness (QED) is 0.564. The van der Waals surface area contributed by atoms with Crippen molar-refractivity contribution in [2.24, 2.45) is 11.8 Å². The summed E-state index contributed by atoms with van der Waals surface area (Å²) >= 11 is 12.0. The Bertz CT molecular complexity index is 778. The normalized spacial score (nSPS) is 41.0. The van der Waals surface area contributed by atoms with Crippen LogP contribution in [0.15, 0.2) is 30.4 Å². The lowest BCUT2D eigenvalue weighted by atomic mass is 9.73. The Morgan fingerprint density at radius 2 is 1.39 bits per heavy atom. The molecule has 4 nitrogen and oxygen atoms in total. The lowest BCUT2D eigenvalue weighted by molar-refractivity contribution is -0.122. The van der Waals surface area contributed by atoms with Gasteiger partial charge in [-0.25, -0.2) is 4.90 Å². The van der Waals surface area contributed by atoms with Crippen molar-refractivity contribution in [1.29, 1.82) is 0 Å². The first-order valence-corrected chi connectivity index (χ1v) is 9.07. The predicted octanol–water partition coefficient (Wildman–Crippen LogP) is 2.95. The molecule has 23 heavy (non-hydrogen) atoms. The molecule has 1 aromatic carbocycles. The Balaban J connectivity index is 1.86. The number of fused-ring (bicyclic) bond motifs is 5. The fourth-order valence-electron chi connectivity index (χ4n) is 4.11. The van der Waals surface area contributed by atoms with Crippen molar-refractivity contribution < 1.29 is 13.8 Å². The highest BCUT2D eigenvalue weighted by molar-refractivity contribution is 7.89. The first-order chi connectivity index (χ1) is 10.7. The van der Waals surface area contributed by atoms with Crippen LogP contribution in [0.25, 0.3) is 0 Å². The smallest absolute Gasteiger partial charge is 0.239 e. The molecular formula is C16H13Cl2NO3S. The summed E-state index contributed by atoms with van der Waals surface area (Å²) < 4.78 is 11.1. The molecule has 120 valence electrons. The van der Waals surface area contributed by atoms with Gasteiger partial charge in [-0.2, -0.15) is 0 Å². The Morgan fingerprint density at radius 1 is 0.957 bits per heavy atom. The SMILES string of the molecule is C[C@]12C=C[C@](C)([C@@H]3C(=O)N(c4cc(Cl)cc(Cl)c4)C(=O)[C@@H]31)S2=O. The van der Waals surface area contributed by atoms with E-state index >= 15 is 0 Å². The molecule has 0 aliphatic carbocycles. The van der Waals surface area contributed by atoms with E-state index in [0.717, 1.165) is 4.90 Å². The van der Waals surface area contributed by atoms with Crippen LogP contribution in [0.4, 0.5) is 5.69 Å². The van der Waals surface area contributed by atoms with Gasteiger partial charge in [-0.3, -0.25) is 13.8 Å². The molecule has 2 saturated heterocycles. The number of carbonyl (C=O) groups is 2. The molecule has 1 aromatic rings. The lowest BCUT2D eigenvalue weighted by Crippen LogP contribution is -2.41. The predicted molar refractivity (Wildman–Crippen MR) is 90.0 cm³/mol. The van der Waals surface area contributed by atoms with Gasteiger partial charge in [0.2, 0.25) is 11.8 Å². The largest absolute Gasteiger partial charge is 0.274 e. The third-order valence-electron chi connectivity index (χ3n) is 5.19. The lowest BCUT2D eigenvalue weighted by Gasteiger charge is -2.24. The molecule has 2 amide bonds. The number of rotatable bonds is 1. The molecule has 3 aliphatic heterocycles. The van der Waals surface area contributed by atoms with Crippen LogP contribution in [0, 0.1) is 11.8 Å². The number of hydrogen-bond donors (Lipinski definition) is 0. The van der Waals surface area contributed by atoms with Gasteiger partial charge in [0, 0.05) is 20.8 Å². The Hall–Kier alpha value is -1.17. The summed E-state index contributed by atoms with van der Waals surface area (Å²) in [6, 6.07) is 4.63. The number of amides is 2. The molecule has 0 N–H and O–H groups in total. The topological polar surface area (TPSA) is 54.5 Å². The van der Waals surface area contributed by atoms with E-state index in [1.54, 1.807) is 32.0 Å². The number of imide groups is 1. The fraction of sp³-hybridized carbons (Fsp3) is 0.375. The zero-order valence-corrected chi connectivity index (χ0v) is 14.7. The number of anilines is 1. The number of carbonyl (C=O) groups excluding carboxylic acids is 2. The van der Waals surface area contributed by atoms with Gasteiger partial charge in [-0.05, 0) is 32.0 Å². The van der Waals surface area contributed by atoms with E-state index in [1.165, 1.54) is 0 Å². The summed E-state index contributed by atoms with van der Waals surface area (Å²) in [5.74, 6) is -1.88. The van der Waals surface area contributed by atoms with Crippen LogP contribution < -0.4 is 4.90 Å². The zero-order valence-electron chi connectivity index (χ0n) is 12.4. The van der Waals surface area contributed by atoms with E-state index in [2.05, 4.69) is 0 Å². The van der Waals surface area contributed by atoms with E-state index in [-0.39, 0.29) is 11.8 Å². The molecule has 0 radical (unpaired) electrons. The molecule has 0 aromatic heterocycles. The Kier molecular flexibility index (Phi) is 2.98. The second kappa shape index (κ2) is 4.47. The highest BCUT2D eigenvalue weighted by Gasteiger charge is 2.73. The average molecular weight is 370 g/mol. The first kappa shape index (κ1) is 15.4. The van der Waals surface area contributed by atoms with Crippen LogP contribution in [0.3, 0.4) is 0 Å². The minimum absolute atomic E-state index is 0.331. The van der Waals surface area contributed by atoms with Gasteiger partial charge < -0.3 is 0 Å². The van der Waals surface area contributed by atoms with Crippen molar-refractivity contribution in [2.45, 2.75) is 23.3 Å². The van der Waals surface area contributed by atoms with E-state index in [9.17, 15) is 13.8 Å². The standard InChI is InChI=1S/C16H13Cl2NO3S/c1-15-3-4-16(2,23(15)22)12-11(15)13(20)19(14(12)21)10-6-8(17)5-9(18)7-10/h3-7,11-12H,1-2H3/t11-,12+,15+,16-,23?. The monoisotopic (exact) mass is 369 g/mol. The maximum atomic E-state index is 13.0. The fourth-order valence-corrected chi connectivity index (χ4v) is 6.89. The maximum Gasteiger partial charge on any atom is 0.239 e. The van der Waals surface area contributed by atoms with Crippen LogP contribution in [0.5, 0.6) is 0 Å². The van der Waals surface area contributed by atoms with Crippen molar-refractivity contribution in [3.05, 3.63) is 40.4 Å². The molecule has 0 saturated carbocycles. The van der Waals surface area contributed by atoms with Crippen molar-refractivity contribution in [2.75, 3.05) is 4.90 Å². The van der Waals surface area contributed by atoms with Crippen LogP contribution in [-0.2, 0) is 20.4 Å². The second-order valence-electron chi connectivity index (χ2n) is 6.56. The number of nitrogens with zero attached hydrogens (tertiary/aromatic N) is 1. The summed E-state index contributed by atoms with van der Waals surface area (Å²) in [6.07, 6.45) is 3.65. The Labute approximate surface area is 145 Å². The van der Waals surface area contributed by atoms with E-state index in [1.807, 2.05) is 12.2 Å². The highest BCUT2D eigenvalue weighted by atomic mass is 35.5. The van der Waals surface area contributed by atoms with Crippen molar-refractivity contribution in [1.82, 2.24) is 0 Å². The first-order valence-electron chi connectivity index (χ1n) is 7.16. The van der Waals surface area contributed by atoms with Gasteiger partial charge in [0.15, 0.2) is 0 Å². The molecule has 4 rings (SSSR count). The molecular weight excluding hydrogens is 357 g/mol. The van der Waals surface area contributed by atoms with E-state index in [0.29, 0.717) is 15.7 Å². The molecule has 3 heterocycles. The molecule has 0 spiro atoms. The van der Waals surface area contributed by atoms with Crippen LogP contribution in [-0.4, -0.2) is 25.5 Å². The summed E-state index contributed by atoms with van der Waals surface area (Å²) in [7, 11) is -1.29. The molecule has 5 atom stereocenters. The third kappa shape index (κ3) is 1.70. The Morgan fingerprint density at radius 3 is 1.83 bits per heavy atom. The van der Waals surface area contributed by atoms with Gasteiger partial charge in [0.05, 0.1) is 27.0 Å².